The van der Waals surface area contributed by atoms with Crippen LogP contribution >= 0.6 is 11.6 Å². The largest absolute Gasteiger partial charge is 0.418 e. The van der Waals surface area contributed by atoms with E-state index in [4.69, 9.17) is 11.6 Å². The lowest BCUT2D eigenvalue weighted by atomic mass is 10.1. The summed E-state index contributed by atoms with van der Waals surface area (Å²) in [6.07, 6.45) is -4.57. The van der Waals surface area contributed by atoms with Gasteiger partial charge in [-0.2, -0.15) is 18.3 Å². The summed E-state index contributed by atoms with van der Waals surface area (Å²) in [6, 6.07) is 13.1. The Bertz CT molecular complexity index is 921. The van der Waals surface area contributed by atoms with Crippen molar-refractivity contribution in [2.45, 2.75) is 6.18 Å². The van der Waals surface area contributed by atoms with Crippen LogP contribution in [0.1, 0.15) is 16.1 Å². The second kappa shape index (κ2) is 6.60. The molecule has 0 aliphatic carbocycles. The van der Waals surface area contributed by atoms with Gasteiger partial charge in [0.1, 0.15) is 5.69 Å². The highest BCUT2D eigenvalue weighted by molar-refractivity contribution is 6.33. The van der Waals surface area contributed by atoms with Gasteiger partial charge in [0.2, 0.25) is 0 Å². The van der Waals surface area contributed by atoms with Gasteiger partial charge in [0.25, 0.3) is 5.91 Å². The van der Waals surface area contributed by atoms with Crippen LogP contribution in [0.5, 0.6) is 0 Å². The van der Waals surface area contributed by atoms with Gasteiger partial charge < -0.3 is 5.32 Å². The molecule has 8 heteroatoms. The quantitative estimate of drug-likeness (QED) is 0.686. The minimum absolute atomic E-state index is 0.0203. The first-order chi connectivity index (χ1) is 11.9. The van der Waals surface area contributed by atoms with E-state index >= 15 is 0 Å². The molecule has 1 heterocycles. The molecule has 0 fully saturated rings. The number of halogens is 4. The monoisotopic (exact) mass is 365 g/mol. The Morgan fingerprint density at radius 3 is 2.48 bits per heavy atom. The topological polar surface area (TPSA) is 57.8 Å². The summed E-state index contributed by atoms with van der Waals surface area (Å²) in [5, 5.41) is 9.19. The van der Waals surface area contributed by atoms with Crippen molar-refractivity contribution in [3.63, 3.8) is 0 Å². The van der Waals surface area contributed by atoms with Gasteiger partial charge in [-0.15, -0.1) is 0 Å². The molecule has 1 amide bonds. The van der Waals surface area contributed by atoms with Gasteiger partial charge in [0.05, 0.1) is 22.0 Å². The SMILES string of the molecule is O=C(Nc1ccccc1C(F)(F)F)c1cc(-c2ccccc2Cl)n[nH]1. The van der Waals surface area contributed by atoms with E-state index in [0.29, 0.717) is 16.3 Å². The maximum absolute atomic E-state index is 13.0. The predicted molar refractivity (Wildman–Crippen MR) is 88.4 cm³/mol. The summed E-state index contributed by atoms with van der Waals surface area (Å²) in [6.45, 7) is 0. The Morgan fingerprint density at radius 2 is 1.76 bits per heavy atom. The predicted octanol–water partition coefficient (Wildman–Crippen LogP) is 5.00. The third kappa shape index (κ3) is 3.66. The van der Waals surface area contributed by atoms with Crippen LogP contribution in [0.3, 0.4) is 0 Å². The highest BCUT2D eigenvalue weighted by Crippen LogP contribution is 2.34. The fourth-order valence-corrected chi connectivity index (χ4v) is 2.51. The van der Waals surface area contributed by atoms with Crippen molar-refractivity contribution < 1.29 is 18.0 Å². The van der Waals surface area contributed by atoms with Crippen LogP contribution in [0.15, 0.2) is 54.6 Å². The summed E-state index contributed by atoms with van der Waals surface area (Å²) >= 11 is 6.07. The number of alkyl halides is 3. The van der Waals surface area contributed by atoms with Crippen molar-refractivity contribution in [1.82, 2.24) is 10.2 Å². The molecule has 4 nitrogen and oxygen atoms in total. The zero-order valence-corrected chi connectivity index (χ0v) is 13.3. The molecule has 0 atom stereocenters. The molecule has 3 rings (SSSR count). The maximum Gasteiger partial charge on any atom is 0.418 e. The summed E-state index contributed by atoms with van der Waals surface area (Å²) in [7, 11) is 0. The molecule has 3 aromatic rings. The number of aromatic amines is 1. The smallest absolute Gasteiger partial charge is 0.320 e. The molecular weight excluding hydrogens is 355 g/mol. The number of benzene rings is 2. The first-order valence-corrected chi connectivity index (χ1v) is 7.52. The standard InChI is InChI=1S/C17H11ClF3N3O/c18-12-7-3-1-5-10(12)14-9-15(24-23-14)16(25)22-13-8-4-2-6-11(13)17(19,20)21/h1-9H,(H,22,25)(H,23,24). The van der Waals surface area contributed by atoms with Gasteiger partial charge in [-0.1, -0.05) is 41.9 Å². The molecule has 0 radical (unpaired) electrons. The lowest BCUT2D eigenvalue weighted by molar-refractivity contribution is -0.136. The number of rotatable bonds is 3. The number of anilines is 1. The third-order valence-electron chi connectivity index (χ3n) is 3.45. The molecule has 2 aromatic carbocycles. The fraction of sp³-hybridized carbons (Fsp3) is 0.0588. The van der Waals surface area contributed by atoms with E-state index in [1.165, 1.54) is 24.3 Å². The van der Waals surface area contributed by atoms with Crippen molar-refractivity contribution in [2.24, 2.45) is 0 Å². The van der Waals surface area contributed by atoms with Gasteiger partial charge >= 0.3 is 6.18 Å². The number of hydrogen-bond acceptors (Lipinski definition) is 2. The number of aromatic nitrogens is 2. The van der Waals surface area contributed by atoms with Crippen LogP contribution < -0.4 is 5.32 Å². The minimum atomic E-state index is -4.57. The number of hydrogen-bond donors (Lipinski definition) is 2. The molecule has 0 bridgehead atoms. The Balaban J connectivity index is 1.86. The van der Waals surface area contributed by atoms with Crippen molar-refractivity contribution in [2.75, 3.05) is 5.32 Å². The molecule has 128 valence electrons. The van der Waals surface area contributed by atoms with Crippen LogP contribution in [-0.4, -0.2) is 16.1 Å². The Morgan fingerprint density at radius 1 is 1.08 bits per heavy atom. The molecule has 1 aromatic heterocycles. The number of H-pyrrole nitrogens is 1. The number of carbonyl (C=O) groups is 1. The van der Waals surface area contributed by atoms with Crippen LogP contribution in [0.4, 0.5) is 18.9 Å². The van der Waals surface area contributed by atoms with E-state index in [2.05, 4.69) is 15.5 Å². The van der Waals surface area contributed by atoms with Crippen molar-refractivity contribution in [3.8, 4) is 11.3 Å². The van der Waals surface area contributed by atoms with Crippen LogP contribution in [0, 0.1) is 0 Å². The first kappa shape index (κ1) is 17.0. The van der Waals surface area contributed by atoms with E-state index in [9.17, 15) is 18.0 Å². The van der Waals surface area contributed by atoms with Gasteiger partial charge in [-0.25, -0.2) is 0 Å². The van der Waals surface area contributed by atoms with Crippen molar-refractivity contribution in [3.05, 3.63) is 70.9 Å². The average molecular weight is 366 g/mol. The van der Waals surface area contributed by atoms with Crippen molar-refractivity contribution >= 4 is 23.2 Å². The molecular formula is C17H11ClF3N3O. The fourth-order valence-electron chi connectivity index (χ4n) is 2.27. The van der Waals surface area contributed by atoms with E-state index < -0.39 is 17.6 Å². The molecule has 0 saturated carbocycles. The van der Waals surface area contributed by atoms with E-state index in [1.807, 2.05) is 0 Å². The second-order valence-electron chi connectivity index (χ2n) is 5.14. The van der Waals surface area contributed by atoms with E-state index in [1.54, 1.807) is 24.3 Å². The Hall–Kier alpha value is -2.80. The lowest BCUT2D eigenvalue weighted by Crippen LogP contribution is -2.16. The highest BCUT2D eigenvalue weighted by atomic mass is 35.5. The zero-order chi connectivity index (χ0) is 18.0. The Kier molecular flexibility index (Phi) is 4.50. The molecule has 0 spiro atoms. The van der Waals surface area contributed by atoms with Crippen molar-refractivity contribution in [1.29, 1.82) is 0 Å². The summed E-state index contributed by atoms with van der Waals surface area (Å²) < 4.78 is 39.0. The van der Waals surface area contributed by atoms with Gasteiger partial charge in [-0.05, 0) is 24.3 Å². The third-order valence-corrected chi connectivity index (χ3v) is 3.78. The Labute approximate surface area is 145 Å². The molecule has 25 heavy (non-hydrogen) atoms. The highest BCUT2D eigenvalue weighted by Gasteiger charge is 2.33. The van der Waals surface area contributed by atoms with Crippen LogP contribution in [0.2, 0.25) is 5.02 Å². The molecule has 2 N–H and O–H groups in total. The summed E-state index contributed by atoms with van der Waals surface area (Å²) in [5.74, 6) is -0.734. The van der Waals surface area contributed by atoms with Gasteiger partial charge in [-0.3, -0.25) is 9.89 Å². The normalized spacial score (nSPS) is 11.4. The number of para-hydroxylation sites is 1. The van der Waals surface area contributed by atoms with Gasteiger partial charge in [0.15, 0.2) is 0 Å². The van der Waals surface area contributed by atoms with E-state index in [0.717, 1.165) is 6.07 Å². The zero-order valence-electron chi connectivity index (χ0n) is 12.6. The minimum Gasteiger partial charge on any atom is -0.320 e. The second-order valence-corrected chi connectivity index (χ2v) is 5.55. The molecule has 0 aliphatic rings. The summed E-state index contributed by atoms with van der Waals surface area (Å²) in [4.78, 5) is 12.2. The number of nitrogens with one attached hydrogen (secondary N) is 2. The van der Waals surface area contributed by atoms with Crippen LogP contribution in [0.25, 0.3) is 11.3 Å². The average Bonchev–Trinajstić information content (AvgIpc) is 3.04. The molecule has 0 unspecified atom stereocenters. The first-order valence-electron chi connectivity index (χ1n) is 7.14. The summed E-state index contributed by atoms with van der Waals surface area (Å²) in [5.41, 5.74) is -0.204. The number of nitrogens with zero attached hydrogens (tertiary/aromatic N) is 1. The molecule has 0 aliphatic heterocycles. The number of amides is 1. The van der Waals surface area contributed by atoms with Crippen LogP contribution in [-0.2, 0) is 6.18 Å². The van der Waals surface area contributed by atoms with E-state index in [-0.39, 0.29) is 11.4 Å². The van der Waals surface area contributed by atoms with Gasteiger partial charge in [0, 0.05) is 5.56 Å². The lowest BCUT2D eigenvalue weighted by Gasteiger charge is -2.12. The molecule has 0 saturated heterocycles. The maximum atomic E-state index is 13.0. The number of carbonyl (C=O) groups excluding carboxylic acids is 1.